The van der Waals surface area contributed by atoms with Crippen LogP contribution >= 0.6 is 11.6 Å². The number of anilines is 1. The lowest BCUT2D eigenvalue weighted by molar-refractivity contribution is 0.146. The van der Waals surface area contributed by atoms with Gasteiger partial charge in [-0.2, -0.15) is 0 Å². The highest BCUT2D eigenvalue weighted by molar-refractivity contribution is 6.30. The average Bonchev–Trinajstić information content (AvgIpc) is 3.01. The molecule has 2 amide bonds. The van der Waals surface area contributed by atoms with E-state index in [1.165, 1.54) is 0 Å². The third-order valence-corrected chi connectivity index (χ3v) is 4.22. The number of nitrogens with zero attached hydrogens (tertiary/aromatic N) is 4. The number of aryl methyl sites for hydroxylation is 1. The van der Waals surface area contributed by atoms with Crippen LogP contribution in [0.4, 0.5) is 10.5 Å². The van der Waals surface area contributed by atoms with E-state index in [0.29, 0.717) is 29.9 Å². The summed E-state index contributed by atoms with van der Waals surface area (Å²) in [6, 6.07) is 7.03. The maximum atomic E-state index is 12.3. The summed E-state index contributed by atoms with van der Waals surface area (Å²) in [5, 5.41) is 11.4. The smallest absolute Gasteiger partial charge is 0.321 e. The fourth-order valence-electron chi connectivity index (χ4n) is 2.60. The Balaban J connectivity index is 1.42. The summed E-state index contributed by atoms with van der Waals surface area (Å²) in [5.41, 5.74) is 0.749. The molecule has 0 saturated carbocycles. The van der Waals surface area contributed by atoms with Crippen LogP contribution in [-0.2, 0) is 6.42 Å². The molecule has 3 rings (SSSR count). The first-order chi connectivity index (χ1) is 11.6. The normalized spacial score (nSPS) is 15.5. The molecule has 1 aliphatic rings. The summed E-state index contributed by atoms with van der Waals surface area (Å²) in [5.74, 6) is 1.25. The number of hydrogen-bond donors (Lipinski definition) is 1. The Bertz CT molecular complexity index is 680. The SMILES string of the molecule is Cc1nnc(CCN2CCN(C(=O)Nc3ccc(Cl)cc3)CC2)o1. The molecular weight excluding hydrogens is 330 g/mol. The standard InChI is InChI=1S/C16H20ClN5O2/c1-12-19-20-15(24-12)6-7-21-8-10-22(11-9-21)16(23)18-14-4-2-13(17)3-5-14/h2-5H,6-11H2,1H3,(H,18,23). The number of hydrogen-bond acceptors (Lipinski definition) is 5. The minimum atomic E-state index is -0.0792. The molecule has 0 radical (unpaired) electrons. The number of carbonyl (C=O) groups is 1. The van der Waals surface area contributed by atoms with Crippen molar-refractivity contribution in [3.05, 3.63) is 41.1 Å². The molecule has 7 nitrogen and oxygen atoms in total. The van der Waals surface area contributed by atoms with Crippen molar-refractivity contribution in [1.29, 1.82) is 0 Å². The minimum absolute atomic E-state index is 0.0792. The van der Waals surface area contributed by atoms with Gasteiger partial charge in [-0.1, -0.05) is 11.6 Å². The summed E-state index contributed by atoms with van der Waals surface area (Å²) in [6.07, 6.45) is 0.734. The summed E-state index contributed by atoms with van der Waals surface area (Å²) < 4.78 is 5.38. The third kappa shape index (κ3) is 4.46. The van der Waals surface area contributed by atoms with E-state index in [2.05, 4.69) is 20.4 Å². The number of urea groups is 1. The summed E-state index contributed by atoms with van der Waals surface area (Å²) >= 11 is 5.84. The molecule has 8 heteroatoms. The van der Waals surface area contributed by atoms with Gasteiger partial charge in [-0.05, 0) is 24.3 Å². The molecule has 1 fully saturated rings. The summed E-state index contributed by atoms with van der Waals surface area (Å²) in [4.78, 5) is 16.4. The van der Waals surface area contributed by atoms with Crippen molar-refractivity contribution in [2.45, 2.75) is 13.3 Å². The maximum Gasteiger partial charge on any atom is 0.321 e. The summed E-state index contributed by atoms with van der Waals surface area (Å²) in [7, 11) is 0. The molecular formula is C16H20ClN5O2. The van der Waals surface area contributed by atoms with Gasteiger partial charge in [0.1, 0.15) is 0 Å². The number of piperazine rings is 1. The van der Waals surface area contributed by atoms with E-state index in [9.17, 15) is 4.79 Å². The average molecular weight is 350 g/mol. The van der Waals surface area contributed by atoms with Gasteiger partial charge in [-0.3, -0.25) is 4.90 Å². The highest BCUT2D eigenvalue weighted by atomic mass is 35.5. The fourth-order valence-corrected chi connectivity index (χ4v) is 2.73. The van der Waals surface area contributed by atoms with Crippen LogP contribution < -0.4 is 5.32 Å². The van der Waals surface area contributed by atoms with E-state index < -0.39 is 0 Å². The van der Waals surface area contributed by atoms with Crippen LogP contribution in [0.5, 0.6) is 0 Å². The van der Waals surface area contributed by atoms with Crippen LogP contribution in [-0.4, -0.2) is 58.8 Å². The van der Waals surface area contributed by atoms with Gasteiger partial charge in [0, 0.05) is 56.8 Å². The monoisotopic (exact) mass is 349 g/mol. The van der Waals surface area contributed by atoms with Gasteiger partial charge in [0.05, 0.1) is 0 Å². The highest BCUT2D eigenvalue weighted by Crippen LogP contribution is 2.14. The molecule has 0 unspecified atom stereocenters. The predicted octanol–water partition coefficient (Wildman–Crippen LogP) is 2.42. The first kappa shape index (κ1) is 16.7. The number of halogens is 1. The Morgan fingerprint density at radius 1 is 1.21 bits per heavy atom. The van der Waals surface area contributed by atoms with E-state index in [0.717, 1.165) is 31.7 Å². The number of amides is 2. The van der Waals surface area contributed by atoms with E-state index in [1.807, 2.05) is 4.90 Å². The lowest BCUT2D eigenvalue weighted by Crippen LogP contribution is -2.50. The highest BCUT2D eigenvalue weighted by Gasteiger charge is 2.21. The Morgan fingerprint density at radius 3 is 2.54 bits per heavy atom. The van der Waals surface area contributed by atoms with Gasteiger partial charge in [-0.15, -0.1) is 10.2 Å². The van der Waals surface area contributed by atoms with E-state index >= 15 is 0 Å². The second kappa shape index (κ2) is 7.63. The molecule has 2 aromatic rings. The molecule has 128 valence electrons. The molecule has 1 saturated heterocycles. The number of carbonyl (C=O) groups excluding carboxylic acids is 1. The molecule has 0 spiro atoms. The quantitative estimate of drug-likeness (QED) is 0.917. The number of aromatic nitrogens is 2. The molecule has 0 atom stereocenters. The zero-order chi connectivity index (χ0) is 16.9. The molecule has 2 heterocycles. The molecule has 1 N–H and O–H groups in total. The van der Waals surface area contributed by atoms with Gasteiger partial charge in [0.25, 0.3) is 0 Å². The van der Waals surface area contributed by atoms with Crippen molar-refractivity contribution < 1.29 is 9.21 Å². The van der Waals surface area contributed by atoms with E-state index in [4.69, 9.17) is 16.0 Å². The van der Waals surface area contributed by atoms with Crippen molar-refractivity contribution in [2.75, 3.05) is 38.0 Å². The second-order valence-corrected chi connectivity index (χ2v) is 6.17. The Kier molecular flexibility index (Phi) is 5.32. The van der Waals surface area contributed by atoms with Gasteiger partial charge >= 0.3 is 6.03 Å². The largest absolute Gasteiger partial charge is 0.426 e. The molecule has 1 aromatic carbocycles. The zero-order valence-corrected chi connectivity index (χ0v) is 14.3. The Morgan fingerprint density at radius 2 is 1.92 bits per heavy atom. The number of benzene rings is 1. The van der Waals surface area contributed by atoms with Crippen molar-refractivity contribution in [3.8, 4) is 0 Å². The molecule has 24 heavy (non-hydrogen) atoms. The fraction of sp³-hybridized carbons (Fsp3) is 0.438. The van der Waals surface area contributed by atoms with Gasteiger partial charge in [0.15, 0.2) is 0 Å². The first-order valence-electron chi connectivity index (χ1n) is 7.93. The van der Waals surface area contributed by atoms with E-state index in [1.54, 1.807) is 31.2 Å². The summed E-state index contributed by atoms with van der Waals surface area (Å²) in [6.45, 7) is 5.70. The van der Waals surface area contributed by atoms with Crippen LogP contribution in [0.25, 0.3) is 0 Å². The third-order valence-electron chi connectivity index (χ3n) is 3.96. The predicted molar refractivity (Wildman–Crippen MR) is 91.2 cm³/mol. The Labute approximate surface area is 145 Å². The van der Waals surface area contributed by atoms with Crippen LogP contribution in [0, 0.1) is 6.92 Å². The molecule has 1 aromatic heterocycles. The van der Waals surface area contributed by atoms with Gasteiger partial charge < -0.3 is 14.6 Å². The maximum absolute atomic E-state index is 12.3. The number of nitrogens with one attached hydrogen (secondary N) is 1. The van der Waals surface area contributed by atoms with Crippen LogP contribution in [0.2, 0.25) is 5.02 Å². The topological polar surface area (TPSA) is 74.5 Å². The zero-order valence-electron chi connectivity index (χ0n) is 13.5. The number of rotatable bonds is 4. The van der Waals surface area contributed by atoms with Crippen molar-refractivity contribution in [1.82, 2.24) is 20.0 Å². The van der Waals surface area contributed by atoms with Gasteiger partial charge in [-0.25, -0.2) is 4.79 Å². The first-order valence-corrected chi connectivity index (χ1v) is 8.31. The van der Waals surface area contributed by atoms with Crippen LogP contribution in [0.1, 0.15) is 11.8 Å². The van der Waals surface area contributed by atoms with Crippen LogP contribution in [0.3, 0.4) is 0 Å². The lowest BCUT2D eigenvalue weighted by atomic mass is 10.3. The van der Waals surface area contributed by atoms with Crippen molar-refractivity contribution in [3.63, 3.8) is 0 Å². The second-order valence-electron chi connectivity index (χ2n) is 5.73. The lowest BCUT2D eigenvalue weighted by Gasteiger charge is -2.34. The molecule has 0 aliphatic carbocycles. The van der Waals surface area contributed by atoms with Crippen molar-refractivity contribution >= 4 is 23.3 Å². The van der Waals surface area contributed by atoms with Gasteiger partial charge in [0.2, 0.25) is 11.8 Å². The molecule has 1 aliphatic heterocycles. The molecule has 0 bridgehead atoms. The van der Waals surface area contributed by atoms with Crippen LogP contribution in [0.15, 0.2) is 28.7 Å². The van der Waals surface area contributed by atoms with E-state index in [-0.39, 0.29) is 6.03 Å². The van der Waals surface area contributed by atoms with Crippen molar-refractivity contribution in [2.24, 2.45) is 0 Å². The minimum Gasteiger partial charge on any atom is -0.426 e. The Hall–Kier alpha value is -2.12.